The first-order valence-corrected chi connectivity index (χ1v) is 15.7. The highest BCUT2D eigenvalue weighted by Gasteiger charge is 2.26. The lowest BCUT2D eigenvalue weighted by atomic mass is 9.90. The molecule has 2 aliphatic heterocycles. The number of nitrogens with zero attached hydrogens (tertiary/aromatic N) is 2. The number of aryl methyl sites for hydroxylation is 1. The molecule has 0 amide bonds. The molecule has 2 heterocycles. The van der Waals surface area contributed by atoms with Gasteiger partial charge in [-0.15, -0.1) is 0 Å². The standard InChI is InChI=1S/C13H19NO2S.C12H16ClNO2S/c1-11-3-5-12(6-4-11)13-7-9-14(10-8-13)17(2,15)16;1-17(15,16)14-8-6-11(7-9-14)10-2-4-12(13)5-3-10/h3-6,13H,7-10H2,1-2H3;2-5,11H,6-9H2,1H3. The predicted molar refractivity (Wildman–Crippen MR) is 139 cm³/mol. The van der Waals surface area contributed by atoms with Crippen LogP contribution >= 0.6 is 11.6 Å². The topological polar surface area (TPSA) is 74.8 Å². The molecular weight excluding hydrogens is 492 g/mol. The smallest absolute Gasteiger partial charge is 0.211 e. The average molecular weight is 527 g/mol. The molecule has 0 N–H and O–H groups in total. The van der Waals surface area contributed by atoms with Crippen LogP contribution in [0.3, 0.4) is 0 Å². The number of hydrogen-bond donors (Lipinski definition) is 0. The first-order valence-electron chi connectivity index (χ1n) is 11.7. The van der Waals surface area contributed by atoms with Crippen molar-refractivity contribution in [2.75, 3.05) is 38.7 Å². The van der Waals surface area contributed by atoms with E-state index in [9.17, 15) is 16.8 Å². The van der Waals surface area contributed by atoms with E-state index >= 15 is 0 Å². The number of piperidine rings is 2. The molecule has 188 valence electrons. The van der Waals surface area contributed by atoms with Crippen molar-refractivity contribution in [2.24, 2.45) is 0 Å². The van der Waals surface area contributed by atoms with Crippen molar-refractivity contribution < 1.29 is 16.8 Å². The van der Waals surface area contributed by atoms with Crippen LogP contribution < -0.4 is 0 Å². The fourth-order valence-corrected chi connectivity index (χ4v) is 6.49. The molecule has 2 saturated heterocycles. The zero-order valence-corrected chi connectivity index (χ0v) is 22.5. The summed E-state index contributed by atoms with van der Waals surface area (Å²) in [4.78, 5) is 0. The number of sulfonamides is 2. The van der Waals surface area contributed by atoms with Gasteiger partial charge >= 0.3 is 0 Å². The van der Waals surface area contributed by atoms with Gasteiger partial charge in [0.1, 0.15) is 0 Å². The summed E-state index contributed by atoms with van der Waals surface area (Å²) in [7, 11) is -6.03. The SMILES string of the molecule is CS(=O)(=O)N1CCC(c2ccc(Cl)cc2)CC1.Cc1ccc(C2CCN(S(C)(=O)=O)CC2)cc1. The van der Waals surface area contributed by atoms with Crippen molar-refractivity contribution in [3.05, 3.63) is 70.2 Å². The third-order valence-electron chi connectivity index (χ3n) is 6.74. The summed E-state index contributed by atoms with van der Waals surface area (Å²) in [5.41, 5.74) is 3.86. The molecular formula is C25H35ClN2O4S2. The largest absolute Gasteiger partial charge is 0.213 e. The van der Waals surface area contributed by atoms with E-state index in [2.05, 4.69) is 31.2 Å². The molecule has 34 heavy (non-hydrogen) atoms. The van der Waals surface area contributed by atoms with Crippen molar-refractivity contribution in [1.82, 2.24) is 8.61 Å². The highest BCUT2D eigenvalue weighted by Crippen LogP contribution is 2.30. The van der Waals surface area contributed by atoms with Gasteiger partial charge in [0, 0.05) is 31.2 Å². The van der Waals surface area contributed by atoms with Gasteiger partial charge in [0.25, 0.3) is 0 Å². The molecule has 2 aromatic carbocycles. The summed E-state index contributed by atoms with van der Waals surface area (Å²) >= 11 is 5.85. The van der Waals surface area contributed by atoms with Gasteiger partial charge in [0.2, 0.25) is 20.0 Å². The van der Waals surface area contributed by atoms with Gasteiger partial charge in [-0.2, -0.15) is 0 Å². The van der Waals surface area contributed by atoms with Crippen LogP contribution in [0.25, 0.3) is 0 Å². The summed E-state index contributed by atoms with van der Waals surface area (Å²) in [5.74, 6) is 0.957. The van der Waals surface area contributed by atoms with E-state index in [0.29, 0.717) is 38.0 Å². The molecule has 6 nitrogen and oxygen atoms in total. The number of benzene rings is 2. The predicted octanol–water partition coefficient (Wildman–Crippen LogP) is 4.61. The zero-order valence-electron chi connectivity index (χ0n) is 20.2. The van der Waals surface area contributed by atoms with Crippen LogP contribution in [0.4, 0.5) is 0 Å². The monoisotopic (exact) mass is 526 g/mol. The molecule has 0 atom stereocenters. The lowest BCUT2D eigenvalue weighted by Crippen LogP contribution is -2.37. The first kappa shape index (κ1) is 27.1. The average Bonchev–Trinajstić information content (AvgIpc) is 2.80. The van der Waals surface area contributed by atoms with Gasteiger partial charge < -0.3 is 0 Å². The van der Waals surface area contributed by atoms with E-state index in [4.69, 9.17) is 11.6 Å². The summed E-state index contributed by atoms with van der Waals surface area (Å²) < 4.78 is 48.7. The Morgan fingerprint density at radius 2 is 0.971 bits per heavy atom. The van der Waals surface area contributed by atoms with Crippen molar-refractivity contribution in [3.63, 3.8) is 0 Å². The second-order valence-electron chi connectivity index (χ2n) is 9.33. The maximum absolute atomic E-state index is 11.4. The molecule has 0 spiro atoms. The Bertz CT molecular complexity index is 1040. The van der Waals surface area contributed by atoms with Crippen molar-refractivity contribution in [1.29, 1.82) is 0 Å². The van der Waals surface area contributed by atoms with E-state index in [1.807, 2.05) is 24.3 Å². The lowest BCUT2D eigenvalue weighted by molar-refractivity contribution is 0.321. The van der Waals surface area contributed by atoms with E-state index in [0.717, 1.165) is 30.7 Å². The Hall–Kier alpha value is -1.45. The van der Waals surface area contributed by atoms with Gasteiger partial charge in [0.15, 0.2) is 0 Å². The molecule has 9 heteroatoms. The Morgan fingerprint density at radius 3 is 1.29 bits per heavy atom. The third kappa shape index (κ3) is 7.78. The van der Waals surface area contributed by atoms with Crippen LogP contribution in [0.1, 0.15) is 54.2 Å². The van der Waals surface area contributed by atoms with Gasteiger partial charge in [-0.1, -0.05) is 53.6 Å². The van der Waals surface area contributed by atoms with E-state index in [-0.39, 0.29) is 0 Å². The summed E-state index contributed by atoms with van der Waals surface area (Å²) in [6, 6.07) is 16.4. The van der Waals surface area contributed by atoms with Gasteiger partial charge in [-0.05, 0) is 67.7 Å². The Balaban J connectivity index is 0.000000191. The molecule has 2 aliphatic rings. The molecule has 0 saturated carbocycles. The lowest BCUT2D eigenvalue weighted by Gasteiger charge is -2.30. The van der Waals surface area contributed by atoms with Crippen molar-refractivity contribution >= 4 is 31.6 Å². The fourth-order valence-electron chi connectivity index (χ4n) is 4.62. The second kappa shape index (κ2) is 11.5. The molecule has 0 bridgehead atoms. The van der Waals surface area contributed by atoms with Gasteiger partial charge in [-0.3, -0.25) is 0 Å². The maximum atomic E-state index is 11.4. The molecule has 2 aromatic rings. The Kier molecular flexibility index (Phi) is 9.20. The summed E-state index contributed by atoms with van der Waals surface area (Å²) in [6.45, 7) is 4.61. The van der Waals surface area contributed by atoms with Crippen LogP contribution in [0, 0.1) is 6.92 Å². The fraction of sp³-hybridized carbons (Fsp3) is 0.520. The minimum absolute atomic E-state index is 0.449. The normalized spacial score (nSPS) is 19.4. The van der Waals surface area contributed by atoms with Crippen LogP contribution in [-0.2, 0) is 20.0 Å². The molecule has 0 aliphatic carbocycles. The van der Waals surface area contributed by atoms with Crippen LogP contribution in [0.15, 0.2) is 48.5 Å². The Morgan fingerprint density at radius 1 is 0.647 bits per heavy atom. The molecule has 0 unspecified atom stereocenters. The highest BCUT2D eigenvalue weighted by atomic mass is 35.5. The minimum atomic E-state index is -3.03. The van der Waals surface area contributed by atoms with Crippen molar-refractivity contribution in [2.45, 2.75) is 44.4 Å². The van der Waals surface area contributed by atoms with Crippen molar-refractivity contribution in [3.8, 4) is 0 Å². The van der Waals surface area contributed by atoms with Crippen LogP contribution in [-0.4, -0.2) is 64.1 Å². The van der Waals surface area contributed by atoms with E-state index in [1.165, 1.54) is 29.2 Å². The third-order valence-corrected chi connectivity index (χ3v) is 9.59. The zero-order chi connectivity index (χ0) is 24.9. The van der Waals surface area contributed by atoms with E-state index < -0.39 is 20.0 Å². The number of halogens is 1. The highest BCUT2D eigenvalue weighted by molar-refractivity contribution is 7.88. The van der Waals surface area contributed by atoms with Gasteiger partial charge in [-0.25, -0.2) is 25.4 Å². The quantitative estimate of drug-likeness (QED) is 0.583. The summed E-state index contributed by atoms with van der Waals surface area (Å²) in [5, 5.41) is 0.738. The van der Waals surface area contributed by atoms with E-state index in [1.54, 1.807) is 8.61 Å². The first-order chi connectivity index (χ1) is 15.9. The number of hydrogen-bond acceptors (Lipinski definition) is 4. The van der Waals surface area contributed by atoms with Crippen LogP contribution in [0.2, 0.25) is 5.02 Å². The molecule has 2 fully saturated rings. The van der Waals surface area contributed by atoms with Crippen LogP contribution in [0.5, 0.6) is 0 Å². The summed E-state index contributed by atoms with van der Waals surface area (Å²) in [6.07, 6.45) is 6.19. The number of rotatable bonds is 4. The molecule has 0 aromatic heterocycles. The Labute approximate surface area is 210 Å². The molecule has 4 rings (SSSR count). The second-order valence-corrected chi connectivity index (χ2v) is 13.7. The maximum Gasteiger partial charge on any atom is 0.211 e. The minimum Gasteiger partial charge on any atom is -0.213 e. The van der Waals surface area contributed by atoms with Gasteiger partial charge in [0.05, 0.1) is 12.5 Å². The molecule has 0 radical (unpaired) electrons.